The molecule has 0 fully saturated rings. The highest BCUT2D eigenvalue weighted by molar-refractivity contribution is 6.34. The van der Waals surface area contributed by atoms with Crippen molar-refractivity contribution in [3.63, 3.8) is 0 Å². The van der Waals surface area contributed by atoms with Crippen molar-refractivity contribution in [2.45, 2.75) is 26.4 Å². The van der Waals surface area contributed by atoms with Crippen LogP contribution in [-0.2, 0) is 6.18 Å². The predicted molar refractivity (Wildman–Crippen MR) is 144 cm³/mol. The Balaban J connectivity index is 2.19. The summed E-state index contributed by atoms with van der Waals surface area (Å²) in [5.41, 5.74) is 0.480. The van der Waals surface area contributed by atoms with Gasteiger partial charge in [0.25, 0.3) is 5.91 Å². The van der Waals surface area contributed by atoms with Crippen molar-refractivity contribution < 1.29 is 27.4 Å². The molecule has 0 aliphatic heterocycles. The molecule has 1 heterocycles. The standard InChI is InChI=1S/C28H31ClF3N3O3/c1-17-11-12-33-26(28(30,31)32)24(17)19-15-20(23(16-21(19)29)38-14-8-13-34(3)4)27(36)35(5)25-18(2)9-7-10-22(25)37-6/h7,9-12,15-16H,8,13-14H2,1-6H3. The first-order valence-corrected chi connectivity index (χ1v) is 12.3. The number of hydrogen-bond acceptors (Lipinski definition) is 5. The van der Waals surface area contributed by atoms with E-state index in [0.29, 0.717) is 23.4 Å². The summed E-state index contributed by atoms with van der Waals surface area (Å²) in [7, 11) is 6.94. The summed E-state index contributed by atoms with van der Waals surface area (Å²) < 4.78 is 53.1. The van der Waals surface area contributed by atoms with Gasteiger partial charge >= 0.3 is 6.18 Å². The van der Waals surface area contributed by atoms with E-state index in [1.807, 2.05) is 32.0 Å². The molecule has 2 aromatic carbocycles. The Morgan fingerprint density at radius 1 is 1.05 bits per heavy atom. The molecule has 0 atom stereocenters. The van der Waals surface area contributed by atoms with Gasteiger partial charge in [0, 0.05) is 37.0 Å². The summed E-state index contributed by atoms with van der Waals surface area (Å²) in [6.07, 6.45) is -2.95. The third-order valence-corrected chi connectivity index (χ3v) is 6.38. The average molecular weight is 550 g/mol. The molecule has 3 aromatic rings. The van der Waals surface area contributed by atoms with E-state index >= 15 is 0 Å². The van der Waals surface area contributed by atoms with Crippen LogP contribution in [0.2, 0.25) is 5.02 Å². The summed E-state index contributed by atoms with van der Waals surface area (Å²) in [6.45, 7) is 4.41. The fourth-order valence-electron chi connectivity index (χ4n) is 4.22. The lowest BCUT2D eigenvalue weighted by Crippen LogP contribution is -2.28. The topological polar surface area (TPSA) is 54.9 Å². The Kier molecular flexibility index (Phi) is 9.27. The highest BCUT2D eigenvalue weighted by Crippen LogP contribution is 2.43. The van der Waals surface area contributed by atoms with Crippen LogP contribution < -0.4 is 14.4 Å². The number of para-hydroxylation sites is 1. The molecule has 0 spiro atoms. The van der Waals surface area contributed by atoms with Gasteiger partial charge in [-0.05, 0) is 63.7 Å². The number of anilines is 1. The van der Waals surface area contributed by atoms with Gasteiger partial charge in [0.15, 0.2) is 5.69 Å². The molecule has 0 bridgehead atoms. The summed E-state index contributed by atoms with van der Waals surface area (Å²) in [5.74, 6) is 0.163. The van der Waals surface area contributed by atoms with Gasteiger partial charge in [-0.2, -0.15) is 13.2 Å². The van der Waals surface area contributed by atoms with Crippen LogP contribution in [0.1, 0.15) is 33.6 Å². The number of alkyl halides is 3. The number of methoxy groups -OCH3 is 1. The van der Waals surface area contributed by atoms with Crippen molar-refractivity contribution in [3.8, 4) is 22.6 Å². The zero-order valence-electron chi connectivity index (χ0n) is 22.2. The molecule has 204 valence electrons. The fraction of sp³-hybridized carbons (Fsp3) is 0.357. The number of hydrogen-bond donors (Lipinski definition) is 0. The summed E-state index contributed by atoms with van der Waals surface area (Å²) in [4.78, 5) is 20.9. The molecular weight excluding hydrogens is 519 g/mol. The lowest BCUT2D eigenvalue weighted by molar-refractivity contribution is -0.140. The van der Waals surface area contributed by atoms with E-state index in [4.69, 9.17) is 21.1 Å². The zero-order valence-corrected chi connectivity index (χ0v) is 23.0. The van der Waals surface area contributed by atoms with Gasteiger partial charge in [-0.1, -0.05) is 23.7 Å². The van der Waals surface area contributed by atoms with E-state index in [-0.39, 0.29) is 34.1 Å². The van der Waals surface area contributed by atoms with Gasteiger partial charge in [0.2, 0.25) is 0 Å². The predicted octanol–water partition coefficient (Wildman–Crippen LogP) is 6.65. The third-order valence-electron chi connectivity index (χ3n) is 6.06. The molecule has 1 aromatic heterocycles. The molecule has 10 heteroatoms. The van der Waals surface area contributed by atoms with Gasteiger partial charge in [-0.3, -0.25) is 9.78 Å². The second-order valence-corrected chi connectivity index (χ2v) is 9.58. The number of aromatic nitrogens is 1. The van der Waals surface area contributed by atoms with Crippen LogP contribution in [0.15, 0.2) is 42.6 Å². The normalized spacial score (nSPS) is 11.6. The number of amides is 1. The molecule has 3 rings (SSSR count). The summed E-state index contributed by atoms with van der Waals surface area (Å²) in [5, 5.41) is 0.0156. The third kappa shape index (κ3) is 6.39. The maximum absolute atomic E-state index is 13.9. The van der Waals surface area contributed by atoms with Crippen LogP contribution in [0.5, 0.6) is 11.5 Å². The van der Waals surface area contributed by atoms with Crippen LogP contribution in [-0.4, -0.2) is 57.2 Å². The van der Waals surface area contributed by atoms with Crippen LogP contribution in [0, 0.1) is 13.8 Å². The number of carbonyl (C=O) groups excluding carboxylic acids is 1. The van der Waals surface area contributed by atoms with Crippen molar-refractivity contribution in [1.29, 1.82) is 0 Å². The minimum absolute atomic E-state index is 0.0156. The molecule has 1 amide bonds. The molecule has 0 N–H and O–H groups in total. The molecule has 38 heavy (non-hydrogen) atoms. The molecule has 6 nitrogen and oxygen atoms in total. The van der Waals surface area contributed by atoms with Gasteiger partial charge in [0.05, 0.1) is 30.0 Å². The lowest BCUT2D eigenvalue weighted by Gasteiger charge is -2.24. The smallest absolute Gasteiger partial charge is 0.433 e. The monoisotopic (exact) mass is 549 g/mol. The number of pyridine rings is 1. The number of ether oxygens (including phenoxy) is 2. The molecule has 0 unspecified atom stereocenters. The van der Waals surface area contributed by atoms with E-state index in [1.165, 1.54) is 30.2 Å². The SMILES string of the molecule is COc1cccc(C)c1N(C)C(=O)c1cc(-c2c(C)ccnc2C(F)(F)F)c(Cl)cc1OCCCN(C)C. The Labute approximate surface area is 225 Å². The largest absolute Gasteiger partial charge is 0.495 e. The first-order chi connectivity index (χ1) is 17.9. The highest BCUT2D eigenvalue weighted by Gasteiger charge is 2.37. The maximum atomic E-state index is 13.9. The average Bonchev–Trinajstić information content (AvgIpc) is 2.85. The Hall–Kier alpha value is -3.30. The van der Waals surface area contributed by atoms with E-state index in [9.17, 15) is 18.0 Å². The van der Waals surface area contributed by atoms with Crippen LogP contribution >= 0.6 is 11.6 Å². The first kappa shape index (κ1) is 29.3. The molecule has 0 saturated carbocycles. The highest BCUT2D eigenvalue weighted by atomic mass is 35.5. The van der Waals surface area contributed by atoms with Crippen molar-refractivity contribution in [3.05, 3.63) is 70.0 Å². The molecular formula is C28H31ClF3N3O3. The van der Waals surface area contributed by atoms with Crippen molar-refractivity contribution in [2.75, 3.05) is 46.3 Å². The first-order valence-electron chi connectivity index (χ1n) is 11.9. The van der Waals surface area contributed by atoms with Crippen LogP contribution in [0.25, 0.3) is 11.1 Å². The Bertz CT molecular complexity index is 1310. The minimum Gasteiger partial charge on any atom is -0.495 e. The number of nitrogens with zero attached hydrogens (tertiary/aromatic N) is 3. The van der Waals surface area contributed by atoms with Gasteiger partial charge in [0.1, 0.15) is 11.5 Å². The number of carbonyl (C=O) groups is 1. The quantitative estimate of drug-likeness (QED) is 0.280. The summed E-state index contributed by atoms with van der Waals surface area (Å²) >= 11 is 6.54. The van der Waals surface area contributed by atoms with Crippen molar-refractivity contribution >= 4 is 23.2 Å². The Morgan fingerprint density at radius 3 is 2.39 bits per heavy atom. The fourth-order valence-corrected chi connectivity index (χ4v) is 4.47. The van der Waals surface area contributed by atoms with E-state index in [2.05, 4.69) is 4.98 Å². The molecule has 0 radical (unpaired) electrons. The van der Waals surface area contributed by atoms with E-state index < -0.39 is 17.8 Å². The maximum Gasteiger partial charge on any atom is 0.433 e. The van der Waals surface area contributed by atoms with Crippen LogP contribution in [0.4, 0.5) is 18.9 Å². The molecule has 0 aliphatic carbocycles. The lowest BCUT2D eigenvalue weighted by atomic mass is 9.96. The summed E-state index contributed by atoms with van der Waals surface area (Å²) in [6, 6.07) is 9.59. The van der Waals surface area contributed by atoms with Crippen LogP contribution in [0.3, 0.4) is 0 Å². The number of benzene rings is 2. The van der Waals surface area contributed by atoms with Gasteiger partial charge in [-0.25, -0.2) is 0 Å². The van der Waals surface area contributed by atoms with E-state index in [1.54, 1.807) is 26.1 Å². The zero-order chi connectivity index (χ0) is 28.2. The van der Waals surface area contributed by atoms with Gasteiger partial charge in [-0.15, -0.1) is 0 Å². The number of aryl methyl sites for hydroxylation is 2. The Morgan fingerprint density at radius 2 is 1.76 bits per heavy atom. The second kappa shape index (κ2) is 12.0. The molecule has 0 aliphatic rings. The van der Waals surface area contributed by atoms with E-state index in [0.717, 1.165) is 18.3 Å². The minimum atomic E-state index is -4.72. The van der Waals surface area contributed by atoms with Crippen molar-refractivity contribution in [2.24, 2.45) is 0 Å². The molecule has 0 saturated heterocycles. The number of rotatable bonds is 9. The second-order valence-electron chi connectivity index (χ2n) is 9.17. The van der Waals surface area contributed by atoms with Crippen molar-refractivity contribution in [1.82, 2.24) is 9.88 Å². The van der Waals surface area contributed by atoms with Gasteiger partial charge < -0.3 is 19.3 Å². The number of halogens is 4.